The van der Waals surface area contributed by atoms with Gasteiger partial charge in [-0.1, -0.05) is 30.0 Å². The number of carbonyl (C=O) groups is 2. The van der Waals surface area contributed by atoms with Crippen molar-refractivity contribution in [3.8, 4) is 11.5 Å². The lowest BCUT2D eigenvalue weighted by molar-refractivity contribution is -0.144. The first-order valence-corrected chi connectivity index (χ1v) is 10.1. The third-order valence-corrected chi connectivity index (χ3v) is 5.51. The lowest BCUT2D eigenvalue weighted by atomic mass is 10.2. The van der Waals surface area contributed by atoms with Gasteiger partial charge in [0, 0.05) is 19.5 Å². The Morgan fingerprint density at radius 3 is 2.86 bits per heavy atom. The molecule has 1 amide bonds. The smallest absolute Gasteiger partial charge is 0.305 e. The van der Waals surface area contributed by atoms with Gasteiger partial charge < -0.3 is 19.1 Å². The van der Waals surface area contributed by atoms with Gasteiger partial charge in [0.15, 0.2) is 11.5 Å². The van der Waals surface area contributed by atoms with E-state index in [1.807, 2.05) is 37.2 Å². The zero-order chi connectivity index (χ0) is 20.1. The molecule has 0 atom stereocenters. The van der Waals surface area contributed by atoms with E-state index in [4.69, 9.17) is 26.4 Å². The van der Waals surface area contributed by atoms with Crippen molar-refractivity contribution in [3.05, 3.63) is 28.7 Å². The van der Waals surface area contributed by atoms with Crippen LogP contribution in [-0.2, 0) is 14.3 Å². The van der Waals surface area contributed by atoms with Crippen LogP contribution in [0.15, 0.2) is 23.1 Å². The van der Waals surface area contributed by atoms with E-state index in [2.05, 4.69) is 0 Å². The largest absolute Gasteiger partial charge is 0.464 e. The molecule has 0 saturated carbocycles. The third kappa shape index (κ3) is 6.33. The van der Waals surface area contributed by atoms with Gasteiger partial charge >= 0.3 is 5.97 Å². The van der Waals surface area contributed by atoms with E-state index in [1.54, 1.807) is 6.08 Å². The zero-order valence-corrected chi connectivity index (χ0v) is 18.7. The first-order valence-electron chi connectivity index (χ1n) is 8.89. The second-order valence-corrected chi connectivity index (χ2v) is 8.25. The highest BCUT2D eigenvalue weighted by Gasteiger charge is 2.31. The van der Waals surface area contributed by atoms with Crippen LogP contribution >= 0.6 is 36.4 Å². The fourth-order valence-corrected chi connectivity index (χ4v) is 3.95. The van der Waals surface area contributed by atoms with Gasteiger partial charge in [0.1, 0.15) is 10.9 Å². The van der Waals surface area contributed by atoms with Crippen molar-refractivity contribution in [1.82, 2.24) is 9.80 Å². The molecule has 1 fully saturated rings. The van der Waals surface area contributed by atoms with E-state index in [1.165, 1.54) is 16.7 Å². The quantitative estimate of drug-likeness (QED) is 0.334. The average Bonchev–Trinajstić information content (AvgIpc) is 3.20. The van der Waals surface area contributed by atoms with Gasteiger partial charge in [0.25, 0.3) is 5.91 Å². The highest BCUT2D eigenvalue weighted by molar-refractivity contribution is 8.26. The number of esters is 1. The summed E-state index contributed by atoms with van der Waals surface area (Å²) in [4.78, 5) is 28.4. The predicted molar refractivity (Wildman–Crippen MR) is 118 cm³/mol. The van der Waals surface area contributed by atoms with E-state index in [-0.39, 0.29) is 37.5 Å². The Kier molecular flexibility index (Phi) is 8.76. The highest BCUT2D eigenvalue weighted by atomic mass is 35.5. The maximum Gasteiger partial charge on any atom is 0.305 e. The van der Waals surface area contributed by atoms with Crippen LogP contribution in [0.4, 0.5) is 0 Å². The summed E-state index contributed by atoms with van der Waals surface area (Å²) in [6.07, 6.45) is 2.55. The number of thioether (sulfide) groups is 1. The summed E-state index contributed by atoms with van der Waals surface area (Å²) in [5, 5.41) is 0. The van der Waals surface area contributed by atoms with Crippen molar-refractivity contribution in [2.24, 2.45) is 0 Å². The summed E-state index contributed by atoms with van der Waals surface area (Å²) >= 11 is 6.59. The van der Waals surface area contributed by atoms with Crippen LogP contribution in [0.1, 0.15) is 18.4 Å². The number of rotatable bonds is 8. The number of halogens is 1. The van der Waals surface area contributed by atoms with Gasteiger partial charge in [-0.15, -0.1) is 12.4 Å². The lowest BCUT2D eigenvalue weighted by Gasteiger charge is -2.14. The normalized spacial score (nSPS) is 16.5. The Morgan fingerprint density at radius 2 is 2.10 bits per heavy atom. The number of thiocarbonyl (C=S) groups is 1. The third-order valence-electron chi connectivity index (χ3n) is 4.13. The summed E-state index contributed by atoms with van der Waals surface area (Å²) in [6.45, 7) is 1.65. The van der Waals surface area contributed by atoms with Gasteiger partial charge in [-0.2, -0.15) is 0 Å². The molecule has 0 N–H and O–H groups in total. The lowest BCUT2D eigenvalue weighted by Crippen LogP contribution is -2.29. The molecular weight excluding hydrogens is 436 g/mol. The van der Waals surface area contributed by atoms with Crippen LogP contribution in [-0.4, -0.2) is 66.6 Å². The van der Waals surface area contributed by atoms with Crippen LogP contribution in [0.3, 0.4) is 0 Å². The summed E-state index contributed by atoms with van der Waals surface area (Å²) in [6, 6.07) is 5.51. The van der Waals surface area contributed by atoms with Gasteiger partial charge in [-0.05, 0) is 44.3 Å². The van der Waals surface area contributed by atoms with Gasteiger partial charge in [0.2, 0.25) is 6.79 Å². The molecule has 7 nitrogen and oxygen atoms in total. The second-order valence-electron chi connectivity index (χ2n) is 6.57. The fraction of sp³-hybridized carbons (Fsp3) is 0.421. The van der Waals surface area contributed by atoms with Crippen molar-refractivity contribution >= 4 is 58.7 Å². The molecule has 1 aromatic rings. The van der Waals surface area contributed by atoms with Crippen molar-refractivity contribution in [2.75, 3.05) is 40.6 Å². The predicted octanol–water partition coefficient (Wildman–Crippen LogP) is 2.92. The number of carbonyl (C=O) groups excluding carboxylic acids is 2. The molecule has 2 heterocycles. The van der Waals surface area contributed by atoms with Crippen molar-refractivity contribution < 1.29 is 23.8 Å². The topological polar surface area (TPSA) is 68.3 Å². The van der Waals surface area contributed by atoms with E-state index in [0.717, 1.165) is 5.56 Å². The number of benzene rings is 1. The number of likely N-dealkylation sites (N-methyl/N-ethyl adjacent to an activating group) is 1. The molecule has 1 saturated heterocycles. The monoisotopic (exact) mass is 458 g/mol. The summed E-state index contributed by atoms with van der Waals surface area (Å²) in [5.74, 6) is 0.955. The number of hydrogen-bond acceptors (Lipinski definition) is 8. The molecule has 2 aliphatic rings. The number of amides is 1. The first-order chi connectivity index (χ1) is 13.4. The molecule has 1 aromatic carbocycles. The molecule has 0 bridgehead atoms. The molecule has 10 heteroatoms. The molecule has 0 radical (unpaired) electrons. The van der Waals surface area contributed by atoms with Crippen LogP contribution in [0.2, 0.25) is 0 Å². The number of ether oxygens (including phenoxy) is 3. The SMILES string of the molecule is CN(C)CCOC(=O)CCCN1C(=O)C(=Cc2ccc3c(c2)OCO3)SC1=S.Cl. The maximum absolute atomic E-state index is 12.6. The number of fused-ring (bicyclic) bond motifs is 1. The van der Waals surface area contributed by atoms with Crippen molar-refractivity contribution in [1.29, 1.82) is 0 Å². The Bertz CT molecular complexity index is 816. The van der Waals surface area contributed by atoms with E-state index < -0.39 is 0 Å². The standard InChI is InChI=1S/C19H22N2O5S2.ClH/c1-20(2)8-9-24-17(22)4-3-7-21-18(23)16(28-19(21)27)11-13-5-6-14-15(10-13)26-12-25-14;/h5-6,10-11H,3-4,7-9,12H2,1-2H3;1H. The Morgan fingerprint density at radius 1 is 1.34 bits per heavy atom. The summed E-state index contributed by atoms with van der Waals surface area (Å²) in [7, 11) is 3.83. The second kappa shape index (κ2) is 10.8. The summed E-state index contributed by atoms with van der Waals surface area (Å²) < 4.78 is 16.3. The molecule has 0 unspecified atom stereocenters. The van der Waals surface area contributed by atoms with Crippen LogP contribution in [0.25, 0.3) is 6.08 Å². The minimum atomic E-state index is -0.261. The van der Waals surface area contributed by atoms with Crippen molar-refractivity contribution in [3.63, 3.8) is 0 Å². The maximum atomic E-state index is 12.6. The first kappa shape index (κ1) is 23.5. The molecule has 158 valence electrons. The molecule has 3 rings (SSSR count). The summed E-state index contributed by atoms with van der Waals surface area (Å²) in [5.41, 5.74) is 0.842. The minimum Gasteiger partial charge on any atom is -0.464 e. The van der Waals surface area contributed by atoms with E-state index in [9.17, 15) is 9.59 Å². The van der Waals surface area contributed by atoms with Gasteiger partial charge in [-0.3, -0.25) is 14.5 Å². The van der Waals surface area contributed by atoms with Crippen LogP contribution < -0.4 is 9.47 Å². The zero-order valence-electron chi connectivity index (χ0n) is 16.2. The highest BCUT2D eigenvalue weighted by Crippen LogP contribution is 2.36. The fourth-order valence-electron chi connectivity index (χ4n) is 2.64. The Hall–Kier alpha value is -1.81. The molecular formula is C19H23ClN2O5S2. The molecule has 0 aromatic heterocycles. The molecule has 0 aliphatic carbocycles. The minimum absolute atomic E-state index is 0. The Labute approximate surface area is 185 Å². The number of nitrogens with zero attached hydrogens (tertiary/aromatic N) is 2. The van der Waals surface area contributed by atoms with Gasteiger partial charge in [0.05, 0.1) is 4.91 Å². The van der Waals surface area contributed by atoms with Crippen LogP contribution in [0, 0.1) is 0 Å². The van der Waals surface area contributed by atoms with E-state index in [0.29, 0.717) is 46.8 Å². The van der Waals surface area contributed by atoms with E-state index >= 15 is 0 Å². The Balaban J connectivity index is 0.00000300. The molecule has 2 aliphatic heterocycles. The molecule has 29 heavy (non-hydrogen) atoms. The van der Waals surface area contributed by atoms with Gasteiger partial charge in [-0.25, -0.2) is 0 Å². The molecule has 0 spiro atoms. The average molecular weight is 459 g/mol. The number of hydrogen-bond donors (Lipinski definition) is 0. The van der Waals surface area contributed by atoms with Crippen LogP contribution in [0.5, 0.6) is 11.5 Å². The van der Waals surface area contributed by atoms with Crippen molar-refractivity contribution in [2.45, 2.75) is 12.8 Å².